The van der Waals surface area contributed by atoms with E-state index in [0.717, 1.165) is 31.7 Å². The predicted octanol–water partition coefficient (Wildman–Crippen LogP) is 2.07. The van der Waals surface area contributed by atoms with Gasteiger partial charge in [0.15, 0.2) is 0 Å². The van der Waals surface area contributed by atoms with Gasteiger partial charge in [-0.2, -0.15) is 0 Å². The molecule has 88 valence electrons. The van der Waals surface area contributed by atoms with Crippen LogP contribution in [0.3, 0.4) is 0 Å². The second-order valence-corrected chi connectivity index (χ2v) is 4.34. The Morgan fingerprint density at radius 1 is 1.62 bits per heavy atom. The number of hydrogen-bond acceptors (Lipinski definition) is 4. The first kappa shape index (κ1) is 11.2. The van der Waals surface area contributed by atoms with Crippen molar-refractivity contribution in [2.75, 3.05) is 25.6 Å². The van der Waals surface area contributed by atoms with E-state index in [4.69, 9.17) is 9.47 Å². The highest BCUT2D eigenvalue weighted by molar-refractivity contribution is 5.45. The molecule has 4 heteroatoms. The van der Waals surface area contributed by atoms with Crippen molar-refractivity contribution in [3.05, 3.63) is 18.3 Å². The number of pyridine rings is 1. The molecule has 0 saturated carbocycles. The van der Waals surface area contributed by atoms with E-state index in [1.807, 2.05) is 12.1 Å². The largest absolute Gasteiger partial charge is 0.481 e. The minimum Gasteiger partial charge on any atom is -0.481 e. The summed E-state index contributed by atoms with van der Waals surface area (Å²) in [6, 6.07) is 3.82. The summed E-state index contributed by atoms with van der Waals surface area (Å²) in [6.07, 6.45) is 4.00. The SMILES string of the molecule is COc1cc(NCC2(C)CCCO2)ccn1. The molecule has 0 spiro atoms. The van der Waals surface area contributed by atoms with Crippen molar-refractivity contribution in [1.82, 2.24) is 4.98 Å². The Balaban J connectivity index is 1.93. The van der Waals surface area contributed by atoms with E-state index in [1.165, 1.54) is 0 Å². The molecule has 2 heterocycles. The van der Waals surface area contributed by atoms with Crippen LogP contribution in [0.5, 0.6) is 5.88 Å². The van der Waals surface area contributed by atoms with Gasteiger partial charge in [-0.1, -0.05) is 0 Å². The fraction of sp³-hybridized carbons (Fsp3) is 0.583. The van der Waals surface area contributed by atoms with Gasteiger partial charge in [0.1, 0.15) is 0 Å². The van der Waals surface area contributed by atoms with Gasteiger partial charge in [0.2, 0.25) is 5.88 Å². The van der Waals surface area contributed by atoms with Crippen LogP contribution < -0.4 is 10.1 Å². The lowest BCUT2D eigenvalue weighted by Crippen LogP contribution is -2.32. The Hall–Kier alpha value is -1.29. The molecule has 1 atom stereocenters. The van der Waals surface area contributed by atoms with Gasteiger partial charge in [-0.05, 0) is 25.8 Å². The fourth-order valence-corrected chi connectivity index (χ4v) is 1.90. The number of nitrogens with one attached hydrogen (secondary N) is 1. The lowest BCUT2D eigenvalue weighted by molar-refractivity contribution is 0.0315. The first-order valence-corrected chi connectivity index (χ1v) is 5.60. The molecule has 1 fully saturated rings. The van der Waals surface area contributed by atoms with Gasteiger partial charge in [0.05, 0.1) is 12.7 Å². The lowest BCUT2D eigenvalue weighted by Gasteiger charge is -2.24. The average molecular weight is 222 g/mol. The highest BCUT2D eigenvalue weighted by Crippen LogP contribution is 2.25. The first-order valence-electron chi connectivity index (χ1n) is 5.60. The topological polar surface area (TPSA) is 43.4 Å². The Morgan fingerprint density at radius 3 is 3.19 bits per heavy atom. The van der Waals surface area contributed by atoms with Crippen LogP contribution in [0.4, 0.5) is 5.69 Å². The summed E-state index contributed by atoms with van der Waals surface area (Å²) in [7, 11) is 1.62. The van der Waals surface area contributed by atoms with E-state index in [-0.39, 0.29) is 5.60 Å². The summed E-state index contributed by atoms with van der Waals surface area (Å²) in [5.41, 5.74) is 0.986. The van der Waals surface area contributed by atoms with Crippen LogP contribution in [-0.4, -0.2) is 30.8 Å². The van der Waals surface area contributed by atoms with Crippen LogP contribution >= 0.6 is 0 Å². The third-order valence-electron chi connectivity index (χ3n) is 2.91. The Morgan fingerprint density at radius 2 is 2.50 bits per heavy atom. The van der Waals surface area contributed by atoms with E-state index < -0.39 is 0 Å². The van der Waals surface area contributed by atoms with Crippen LogP contribution in [0.1, 0.15) is 19.8 Å². The van der Waals surface area contributed by atoms with E-state index in [2.05, 4.69) is 17.2 Å². The summed E-state index contributed by atoms with van der Waals surface area (Å²) in [5, 5.41) is 3.36. The van der Waals surface area contributed by atoms with Gasteiger partial charge in [-0.3, -0.25) is 0 Å². The smallest absolute Gasteiger partial charge is 0.214 e. The molecule has 1 aromatic heterocycles. The van der Waals surface area contributed by atoms with Gasteiger partial charge in [0.25, 0.3) is 0 Å². The standard InChI is InChI=1S/C12H18N2O2/c1-12(5-3-7-16-12)9-14-10-4-6-13-11(8-10)15-2/h4,6,8H,3,5,7,9H2,1-2H3,(H,13,14). The molecule has 1 aliphatic rings. The van der Waals surface area contributed by atoms with Crippen molar-refractivity contribution >= 4 is 5.69 Å². The zero-order valence-corrected chi connectivity index (χ0v) is 9.82. The molecule has 1 aliphatic heterocycles. The van der Waals surface area contributed by atoms with Crippen molar-refractivity contribution in [3.8, 4) is 5.88 Å². The van der Waals surface area contributed by atoms with Crippen LogP contribution in [0, 0.1) is 0 Å². The molecule has 16 heavy (non-hydrogen) atoms. The molecule has 0 radical (unpaired) electrons. The molecular weight excluding hydrogens is 204 g/mol. The van der Waals surface area contributed by atoms with E-state index >= 15 is 0 Å². The van der Waals surface area contributed by atoms with Gasteiger partial charge in [-0.25, -0.2) is 4.98 Å². The zero-order valence-electron chi connectivity index (χ0n) is 9.82. The number of anilines is 1. The summed E-state index contributed by atoms with van der Waals surface area (Å²) in [4.78, 5) is 4.06. The first-order chi connectivity index (χ1) is 7.72. The van der Waals surface area contributed by atoms with Crippen molar-refractivity contribution in [1.29, 1.82) is 0 Å². The number of rotatable bonds is 4. The van der Waals surface area contributed by atoms with Crippen molar-refractivity contribution < 1.29 is 9.47 Å². The van der Waals surface area contributed by atoms with Crippen LogP contribution in [0.25, 0.3) is 0 Å². The third-order valence-corrected chi connectivity index (χ3v) is 2.91. The van der Waals surface area contributed by atoms with E-state index in [9.17, 15) is 0 Å². The number of ether oxygens (including phenoxy) is 2. The number of hydrogen-bond donors (Lipinski definition) is 1. The lowest BCUT2D eigenvalue weighted by atomic mass is 10.0. The summed E-state index contributed by atoms with van der Waals surface area (Å²) < 4.78 is 10.8. The quantitative estimate of drug-likeness (QED) is 0.847. The van der Waals surface area contributed by atoms with E-state index in [0.29, 0.717) is 5.88 Å². The maximum Gasteiger partial charge on any atom is 0.214 e. The highest BCUT2D eigenvalue weighted by atomic mass is 16.5. The summed E-state index contributed by atoms with van der Waals surface area (Å²) in [6.45, 7) is 3.84. The van der Waals surface area contributed by atoms with Crippen molar-refractivity contribution in [2.24, 2.45) is 0 Å². The summed E-state index contributed by atoms with van der Waals surface area (Å²) in [5.74, 6) is 0.627. The maximum atomic E-state index is 5.71. The molecule has 4 nitrogen and oxygen atoms in total. The number of nitrogens with zero attached hydrogens (tertiary/aromatic N) is 1. The normalized spacial score (nSPS) is 24.4. The molecule has 2 rings (SSSR count). The number of methoxy groups -OCH3 is 1. The van der Waals surface area contributed by atoms with Crippen molar-refractivity contribution in [3.63, 3.8) is 0 Å². The Kier molecular flexibility index (Phi) is 3.29. The third kappa shape index (κ3) is 2.64. The highest BCUT2D eigenvalue weighted by Gasteiger charge is 2.29. The van der Waals surface area contributed by atoms with Crippen LogP contribution in [0.2, 0.25) is 0 Å². The minimum atomic E-state index is -0.0312. The Bertz CT molecular complexity index is 349. The monoisotopic (exact) mass is 222 g/mol. The Labute approximate surface area is 96.0 Å². The summed E-state index contributed by atoms with van der Waals surface area (Å²) >= 11 is 0. The van der Waals surface area contributed by atoms with Gasteiger partial charge >= 0.3 is 0 Å². The van der Waals surface area contributed by atoms with Gasteiger partial charge < -0.3 is 14.8 Å². The second-order valence-electron chi connectivity index (χ2n) is 4.34. The van der Waals surface area contributed by atoms with Crippen LogP contribution in [0.15, 0.2) is 18.3 Å². The molecule has 0 amide bonds. The molecule has 1 aromatic rings. The number of aromatic nitrogens is 1. The fourth-order valence-electron chi connectivity index (χ4n) is 1.90. The molecular formula is C12H18N2O2. The molecule has 0 bridgehead atoms. The molecule has 1 saturated heterocycles. The second kappa shape index (κ2) is 4.70. The zero-order chi connectivity index (χ0) is 11.4. The molecule has 0 aromatic carbocycles. The minimum absolute atomic E-state index is 0.0312. The maximum absolute atomic E-state index is 5.71. The van der Waals surface area contributed by atoms with E-state index in [1.54, 1.807) is 13.3 Å². The molecule has 1 unspecified atom stereocenters. The average Bonchev–Trinajstić information content (AvgIpc) is 2.75. The molecule has 1 N–H and O–H groups in total. The van der Waals surface area contributed by atoms with Crippen LogP contribution in [-0.2, 0) is 4.74 Å². The van der Waals surface area contributed by atoms with Gasteiger partial charge in [0, 0.05) is 31.1 Å². The van der Waals surface area contributed by atoms with Crippen molar-refractivity contribution in [2.45, 2.75) is 25.4 Å². The van der Waals surface area contributed by atoms with Gasteiger partial charge in [-0.15, -0.1) is 0 Å². The predicted molar refractivity (Wildman–Crippen MR) is 62.9 cm³/mol. The molecule has 0 aliphatic carbocycles.